The normalized spacial score (nSPS) is 11.9. The quantitative estimate of drug-likeness (QED) is 0.773. The van der Waals surface area contributed by atoms with Gasteiger partial charge in [0.1, 0.15) is 0 Å². The summed E-state index contributed by atoms with van der Waals surface area (Å²) in [4.78, 5) is 12.8. The van der Waals surface area contributed by atoms with Crippen LogP contribution in [0.25, 0.3) is 0 Å². The standard InChI is InChI=1S/C12H13BrF3NO/c1-17(8-12(14,15)16)7-6-11(18)9-2-4-10(13)5-3-9/h2-5H,6-8H2,1H3. The second-order valence-electron chi connectivity index (χ2n) is 4.03. The van der Waals surface area contributed by atoms with Gasteiger partial charge in [0.15, 0.2) is 5.78 Å². The first kappa shape index (κ1) is 15.2. The Morgan fingerprint density at radius 2 is 1.83 bits per heavy atom. The SMILES string of the molecule is CN(CCC(=O)c1ccc(Br)cc1)CC(F)(F)F. The molecule has 0 aromatic heterocycles. The van der Waals surface area contributed by atoms with Crippen molar-refractivity contribution in [1.29, 1.82) is 0 Å². The van der Waals surface area contributed by atoms with Crippen LogP contribution in [0.15, 0.2) is 28.7 Å². The van der Waals surface area contributed by atoms with Gasteiger partial charge in [-0.05, 0) is 19.2 Å². The highest BCUT2D eigenvalue weighted by Gasteiger charge is 2.29. The summed E-state index contributed by atoms with van der Waals surface area (Å²) in [6, 6.07) is 6.76. The Hall–Kier alpha value is -0.880. The van der Waals surface area contributed by atoms with E-state index < -0.39 is 12.7 Å². The van der Waals surface area contributed by atoms with E-state index in [1.807, 2.05) is 0 Å². The second kappa shape index (κ2) is 6.33. The molecular formula is C12H13BrF3NO. The topological polar surface area (TPSA) is 20.3 Å². The third-order valence-corrected chi connectivity index (χ3v) is 2.86. The molecule has 0 spiro atoms. The van der Waals surface area contributed by atoms with Crippen LogP contribution in [0.2, 0.25) is 0 Å². The first-order valence-electron chi connectivity index (χ1n) is 5.32. The maximum absolute atomic E-state index is 12.1. The summed E-state index contributed by atoms with van der Waals surface area (Å²) in [5.74, 6) is -0.156. The van der Waals surface area contributed by atoms with Gasteiger partial charge in [-0.25, -0.2) is 0 Å². The predicted octanol–water partition coefficient (Wildman–Crippen LogP) is 3.52. The first-order valence-corrected chi connectivity index (χ1v) is 6.11. The third-order valence-electron chi connectivity index (χ3n) is 2.34. The Kier molecular flexibility index (Phi) is 5.34. The molecule has 0 N–H and O–H groups in total. The van der Waals surface area contributed by atoms with Crippen molar-refractivity contribution in [1.82, 2.24) is 4.90 Å². The number of rotatable bonds is 5. The average molecular weight is 324 g/mol. The fourth-order valence-corrected chi connectivity index (χ4v) is 1.72. The highest BCUT2D eigenvalue weighted by Crippen LogP contribution is 2.16. The fourth-order valence-electron chi connectivity index (χ4n) is 1.46. The molecule has 1 aromatic carbocycles. The van der Waals surface area contributed by atoms with Crippen LogP contribution in [0.1, 0.15) is 16.8 Å². The lowest BCUT2D eigenvalue weighted by Gasteiger charge is -2.17. The Balaban J connectivity index is 2.44. The fraction of sp³-hybridized carbons (Fsp3) is 0.417. The number of hydrogen-bond donors (Lipinski definition) is 0. The lowest BCUT2D eigenvalue weighted by molar-refractivity contribution is -0.142. The van der Waals surface area contributed by atoms with Gasteiger partial charge in [0.05, 0.1) is 6.54 Å². The van der Waals surface area contributed by atoms with Crippen molar-refractivity contribution >= 4 is 21.7 Å². The molecular weight excluding hydrogens is 311 g/mol. The zero-order valence-electron chi connectivity index (χ0n) is 9.80. The maximum atomic E-state index is 12.1. The van der Waals surface area contributed by atoms with E-state index in [1.54, 1.807) is 24.3 Å². The highest BCUT2D eigenvalue weighted by atomic mass is 79.9. The van der Waals surface area contributed by atoms with Crippen molar-refractivity contribution in [3.63, 3.8) is 0 Å². The summed E-state index contributed by atoms with van der Waals surface area (Å²) in [5, 5.41) is 0. The predicted molar refractivity (Wildman–Crippen MR) is 66.6 cm³/mol. The molecule has 0 atom stereocenters. The van der Waals surface area contributed by atoms with Crippen LogP contribution in [-0.2, 0) is 0 Å². The molecule has 0 aliphatic heterocycles. The van der Waals surface area contributed by atoms with Crippen molar-refractivity contribution in [2.45, 2.75) is 12.6 Å². The molecule has 0 amide bonds. The number of hydrogen-bond acceptors (Lipinski definition) is 2. The molecule has 0 fully saturated rings. The minimum Gasteiger partial charge on any atom is -0.298 e. The van der Waals surface area contributed by atoms with Crippen molar-refractivity contribution in [2.75, 3.05) is 20.1 Å². The molecule has 0 bridgehead atoms. The number of alkyl halides is 3. The first-order chi connectivity index (χ1) is 8.28. The summed E-state index contributed by atoms with van der Waals surface area (Å²) in [7, 11) is 1.35. The maximum Gasteiger partial charge on any atom is 0.401 e. The van der Waals surface area contributed by atoms with Crippen molar-refractivity contribution in [3.8, 4) is 0 Å². The molecule has 0 saturated carbocycles. The Labute approximate surface area is 112 Å². The Bertz CT molecular complexity index is 403. The van der Waals surface area contributed by atoms with Crippen LogP contribution in [0.4, 0.5) is 13.2 Å². The van der Waals surface area contributed by atoms with Gasteiger partial charge in [-0.2, -0.15) is 13.2 Å². The van der Waals surface area contributed by atoms with Crippen LogP contribution < -0.4 is 0 Å². The van der Waals surface area contributed by atoms with Crippen LogP contribution in [-0.4, -0.2) is 37.0 Å². The summed E-state index contributed by atoms with van der Waals surface area (Å²) >= 11 is 3.25. The van der Waals surface area contributed by atoms with E-state index in [9.17, 15) is 18.0 Å². The molecule has 6 heteroatoms. The van der Waals surface area contributed by atoms with E-state index in [2.05, 4.69) is 15.9 Å². The largest absolute Gasteiger partial charge is 0.401 e. The molecule has 0 radical (unpaired) electrons. The van der Waals surface area contributed by atoms with Crippen LogP contribution in [0, 0.1) is 0 Å². The molecule has 0 unspecified atom stereocenters. The molecule has 18 heavy (non-hydrogen) atoms. The summed E-state index contributed by atoms with van der Waals surface area (Å²) in [5.41, 5.74) is 0.513. The molecule has 0 saturated heterocycles. The zero-order chi connectivity index (χ0) is 13.8. The molecule has 0 aliphatic carbocycles. The number of halogens is 4. The van der Waals surface area contributed by atoms with Gasteiger partial charge in [-0.15, -0.1) is 0 Å². The molecule has 1 rings (SSSR count). The minimum atomic E-state index is -4.23. The van der Waals surface area contributed by atoms with Crippen molar-refractivity contribution in [2.24, 2.45) is 0 Å². The molecule has 0 aliphatic rings. The van der Waals surface area contributed by atoms with Gasteiger partial charge < -0.3 is 0 Å². The van der Waals surface area contributed by atoms with E-state index in [1.165, 1.54) is 7.05 Å². The van der Waals surface area contributed by atoms with E-state index >= 15 is 0 Å². The zero-order valence-corrected chi connectivity index (χ0v) is 11.4. The van der Waals surface area contributed by atoms with E-state index in [0.717, 1.165) is 9.37 Å². The van der Waals surface area contributed by atoms with Gasteiger partial charge in [-0.3, -0.25) is 9.69 Å². The Morgan fingerprint density at radius 1 is 1.28 bits per heavy atom. The van der Waals surface area contributed by atoms with Crippen molar-refractivity contribution < 1.29 is 18.0 Å². The van der Waals surface area contributed by atoms with E-state index in [0.29, 0.717) is 5.56 Å². The smallest absolute Gasteiger partial charge is 0.298 e. The Morgan fingerprint density at radius 3 is 2.33 bits per heavy atom. The molecule has 2 nitrogen and oxygen atoms in total. The highest BCUT2D eigenvalue weighted by molar-refractivity contribution is 9.10. The summed E-state index contributed by atoms with van der Waals surface area (Å²) < 4.78 is 37.1. The number of carbonyl (C=O) groups is 1. The number of Topliss-reactive ketones (excluding diaryl/α,β-unsaturated/α-hetero) is 1. The lowest BCUT2D eigenvalue weighted by Crippen LogP contribution is -2.32. The molecule has 1 aromatic rings. The molecule has 0 heterocycles. The number of benzene rings is 1. The van der Waals surface area contributed by atoms with Gasteiger partial charge in [0.25, 0.3) is 0 Å². The number of carbonyl (C=O) groups excluding carboxylic acids is 1. The van der Waals surface area contributed by atoms with Gasteiger partial charge in [-0.1, -0.05) is 28.1 Å². The average Bonchev–Trinajstić information content (AvgIpc) is 2.24. The summed E-state index contributed by atoms with van der Waals surface area (Å²) in [6.07, 6.45) is -4.15. The van der Waals surface area contributed by atoms with Crippen LogP contribution >= 0.6 is 15.9 Å². The second-order valence-corrected chi connectivity index (χ2v) is 4.95. The number of ketones is 1. The van der Waals surface area contributed by atoms with E-state index in [-0.39, 0.29) is 18.7 Å². The van der Waals surface area contributed by atoms with E-state index in [4.69, 9.17) is 0 Å². The summed E-state index contributed by atoms with van der Waals surface area (Å²) in [6.45, 7) is -0.908. The van der Waals surface area contributed by atoms with Crippen molar-refractivity contribution in [3.05, 3.63) is 34.3 Å². The number of nitrogens with zero attached hydrogens (tertiary/aromatic N) is 1. The molecule has 100 valence electrons. The van der Waals surface area contributed by atoms with Gasteiger partial charge in [0.2, 0.25) is 0 Å². The van der Waals surface area contributed by atoms with Crippen LogP contribution in [0.3, 0.4) is 0 Å². The minimum absolute atomic E-state index is 0.0776. The monoisotopic (exact) mass is 323 g/mol. The third kappa shape index (κ3) is 5.64. The van der Waals surface area contributed by atoms with Crippen LogP contribution in [0.5, 0.6) is 0 Å². The lowest BCUT2D eigenvalue weighted by atomic mass is 10.1. The van der Waals surface area contributed by atoms with Gasteiger partial charge >= 0.3 is 6.18 Å². The van der Waals surface area contributed by atoms with Gasteiger partial charge in [0, 0.05) is 23.0 Å².